The van der Waals surface area contributed by atoms with Gasteiger partial charge in [0.1, 0.15) is 5.76 Å². The molecule has 0 saturated carbocycles. The number of nitrogens with zero attached hydrogens (tertiary/aromatic N) is 1. The van der Waals surface area contributed by atoms with E-state index in [1.807, 2.05) is 30.3 Å². The highest BCUT2D eigenvalue weighted by atomic mass is 16.5. The van der Waals surface area contributed by atoms with Crippen LogP contribution < -0.4 is 19.1 Å². The molecule has 1 atom stereocenters. The molecule has 0 aliphatic carbocycles. The molecule has 6 nitrogen and oxygen atoms in total. The lowest BCUT2D eigenvalue weighted by Gasteiger charge is -2.22. The van der Waals surface area contributed by atoms with Gasteiger partial charge in [0.15, 0.2) is 17.3 Å². The normalized spacial score (nSPS) is 15.7. The van der Waals surface area contributed by atoms with Gasteiger partial charge in [0.25, 0.3) is 0 Å². The van der Waals surface area contributed by atoms with Crippen molar-refractivity contribution in [3.05, 3.63) is 59.9 Å². The third kappa shape index (κ3) is 3.98. The first-order valence-corrected chi connectivity index (χ1v) is 10.3. The number of methoxy groups -OCH3 is 3. The third-order valence-corrected chi connectivity index (χ3v) is 5.74. The molecule has 0 N–H and O–H groups in total. The summed E-state index contributed by atoms with van der Waals surface area (Å²) in [5, 5.41) is 0. The number of ether oxygens (including phenoxy) is 3. The van der Waals surface area contributed by atoms with Gasteiger partial charge in [-0.15, -0.1) is 0 Å². The molecule has 0 amide bonds. The molecule has 1 aromatic heterocycles. The van der Waals surface area contributed by atoms with E-state index in [-0.39, 0.29) is 5.78 Å². The second kappa shape index (κ2) is 8.76. The van der Waals surface area contributed by atoms with Gasteiger partial charge in [0.2, 0.25) is 5.75 Å². The van der Waals surface area contributed by atoms with E-state index in [0.717, 1.165) is 36.5 Å². The Hall–Kier alpha value is -3.41. The summed E-state index contributed by atoms with van der Waals surface area (Å²) in [6, 6.07) is 13.0. The minimum absolute atomic E-state index is 0.109. The zero-order chi connectivity index (χ0) is 22.0. The molecule has 1 aliphatic rings. The predicted octanol–water partition coefficient (Wildman–Crippen LogP) is 5.05. The lowest BCUT2D eigenvalue weighted by atomic mass is 9.97. The fourth-order valence-corrected chi connectivity index (χ4v) is 4.11. The lowest BCUT2D eigenvalue weighted by Crippen LogP contribution is -2.22. The van der Waals surface area contributed by atoms with E-state index in [1.54, 1.807) is 39.7 Å². The van der Waals surface area contributed by atoms with Crippen LogP contribution in [0.4, 0.5) is 5.69 Å². The molecule has 162 valence electrons. The summed E-state index contributed by atoms with van der Waals surface area (Å²) in [6.45, 7) is 4.09. The highest BCUT2D eigenvalue weighted by Crippen LogP contribution is 2.40. The molecule has 0 radical (unpaired) electrons. The zero-order valence-corrected chi connectivity index (χ0v) is 18.3. The Morgan fingerprint density at radius 1 is 1.03 bits per heavy atom. The Labute approximate surface area is 182 Å². The van der Waals surface area contributed by atoms with Crippen LogP contribution in [0.2, 0.25) is 0 Å². The van der Waals surface area contributed by atoms with Gasteiger partial charge < -0.3 is 23.5 Å². The van der Waals surface area contributed by atoms with Gasteiger partial charge in [-0.3, -0.25) is 4.79 Å². The molecule has 4 rings (SSSR count). The number of furan rings is 1. The minimum atomic E-state index is -0.109. The van der Waals surface area contributed by atoms with E-state index in [2.05, 4.69) is 11.8 Å². The lowest BCUT2D eigenvalue weighted by molar-refractivity contribution is 0.103. The molecule has 6 heteroatoms. The molecule has 0 bridgehead atoms. The summed E-state index contributed by atoms with van der Waals surface area (Å²) in [6.07, 6.45) is 2.74. The SMILES string of the molecule is COc1cc(C(=O)c2cc(-c3ccco3)ccc2N2CCC(C)C2)cc(OC)c1OC. The summed E-state index contributed by atoms with van der Waals surface area (Å²) in [7, 11) is 4.63. The van der Waals surface area contributed by atoms with Crippen LogP contribution in [0.5, 0.6) is 17.2 Å². The maximum atomic E-state index is 13.8. The Bertz CT molecular complexity index is 1050. The highest BCUT2D eigenvalue weighted by molar-refractivity contribution is 6.13. The second-order valence-corrected chi connectivity index (χ2v) is 7.79. The first-order chi connectivity index (χ1) is 15.0. The molecule has 2 aromatic carbocycles. The monoisotopic (exact) mass is 421 g/mol. The first-order valence-electron chi connectivity index (χ1n) is 10.3. The number of carbonyl (C=O) groups is 1. The molecule has 31 heavy (non-hydrogen) atoms. The number of anilines is 1. The molecule has 1 saturated heterocycles. The quantitative estimate of drug-likeness (QED) is 0.498. The Morgan fingerprint density at radius 3 is 2.32 bits per heavy atom. The fourth-order valence-electron chi connectivity index (χ4n) is 4.11. The molecule has 0 spiro atoms. The largest absolute Gasteiger partial charge is 0.493 e. The third-order valence-electron chi connectivity index (χ3n) is 5.74. The van der Waals surface area contributed by atoms with Gasteiger partial charge in [0, 0.05) is 35.5 Å². The molecule has 1 unspecified atom stereocenters. The van der Waals surface area contributed by atoms with Crippen molar-refractivity contribution in [1.82, 2.24) is 0 Å². The minimum Gasteiger partial charge on any atom is -0.493 e. The maximum absolute atomic E-state index is 13.8. The smallest absolute Gasteiger partial charge is 0.203 e. The van der Waals surface area contributed by atoms with Gasteiger partial charge in [-0.2, -0.15) is 0 Å². The van der Waals surface area contributed by atoms with E-state index >= 15 is 0 Å². The van der Waals surface area contributed by atoms with Crippen molar-refractivity contribution in [3.8, 4) is 28.6 Å². The van der Waals surface area contributed by atoms with Gasteiger partial charge in [-0.05, 0) is 54.8 Å². The molecule has 1 fully saturated rings. The van der Waals surface area contributed by atoms with Crippen LogP contribution in [0.15, 0.2) is 53.1 Å². The van der Waals surface area contributed by atoms with E-state index in [4.69, 9.17) is 18.6 Å². The number of rotatable bonds is 7. The number of hydrogen-bond donors (Lipinski definition) is 0. The van der Waals surface area contributed by atoms with Gasteiger partial charge in [-0.1, -0.05) is 6.92 Å². The number of carbonyl (C=O) groups excluding carboxylic acids is 1. The second-order valence-electron chi connectivity index (χ2n) is 7.79. The van der Waals surface area contributed by atoms with Crippen LogP contribution in [-0.2, 0) is 0 Å². The summed E-state index contributed by atoms with van der Waals surface area (Å²) < 4.78 is 21.9. The number of hydrogen-bond acceptors (Lipinski definition) is 6. The van der Waals surface area contributed by atoms with Crippen LogP contribution in [0.3, 0.4) is 0 Å². The van der Waals surface area contributed by atoms with Gasteiger partial charge >= 0.3 is 0 Å². The average Bonchev–Trinajstić information content (AvgIpc) is 3.49. The Kier molecular flexibility index (Phi) is 5.89. The molecular weight excluding hydrogens is 394 g/mol. The van der Waals surface area contributed by atoms with Crippen LogP contribution in [-0.4, -0.2) is 40.2 Å². The van der Waals surface area contributed by atoms with Crippen LogP contribution in [0.25, 0.3) is 11.3 Å². The summed E-state index contributed by atoms with van der Waals surface area (Å²) >= 11 is 0. The van der Waals surface area contributed by atoms with Crippen LogP contribution >= 0.6 is 0 Å². The Balaban J connectivity index is 1.83. The van der Waals surface area contributed by atoms with Crippen molar-refractivity contribution in [3.63, 3.8) is 0 Å². The maximum Gasteiger partial charge on any atom is 0.203 e. The van der Waals surface area contributed by atoms with Gasteiger partial charge in [0.05, 0.1) is 27.6 Å². The summed E-state index contributed by atoms with van der Waals surface area (Å²) in [5.41, 5.74) is 2.88. The first kappa shape index (κ1) is 20.8. The Morgan fingerprint density at radius 2 is 1.77 bits per heavy atom. The molecular formula is C25H27NO5. The highest BCUT2D eigenvalue weighted by Gasteiger charge is 2.26. The van der Waals surface area contributed by atoms with Crippen LogP contribution in [0.1, 0.15) is 29.3 Å². The molecule has 3 aromatic rings. The zero-order valence-electron chi connectivity index (χ0n) is 18.3. The van der Waals surface area contributed by atoms with Crippen molar-refractivity contribution >= 4 is 11.5 Å². The number of benzene rings is 2. The summed E-state index contributed by atoms with van der Waals surface area (Å²) in [5.74, 6) is 2.56. The van der Waals surface area contributed by atoms with Crippen molar-refractivity contribution < 1.29 is 23.4 Å². The summed E-state index contributed by atoms with van der Waals surface area (Å²) in [4.78, 5) is 16.0. The van der Waals surface area contributed by atoms with Crippen molar-refractivity contribution in [2.24, 2.45) is 5.92 Å². The van der Waals surface area contributed by atoms with E-state index < -0.39 is 0 Å². The van der Waals surface area contributed by atoms with Crippen LogP contribution in [0, 0.1) is 5.92 Å². The van der Waals surface area contributed by atoms with E-state index in [9.17, 15) is 4.79 Å². The topological polar surface area (TPSA) is 61.1 Å². The standard InChI is InChI=1S/C25H27NO5/c1-16-9-10-26(15-16)20-8-7-17(21-6-5-11-31-21)12-19(20)24(27)18-13-22(28-2)25(30-4)23(14-18)29-3/h5-8,11-14,16H,9-10,15H2,1-4H3. The van der Waals surface area contributed by atoms with Crippen molar-refractivity contribution in [2.75, 3.05) is 39.3 Å². The van der Waals surface area contributed by atoms with Crippen molar-refractivity contribution in [1.29, 1.82) is 0 Å². The average molecular weight is 421 g/mol. The number of ketones is 1. The van der Waals surface area contributed by atoms with Crippen molar-refractivity contribution in [2.45, 2.75) is 13.3 Å². The van der Waals surface area contributed by atoms with E-state index in [1.165, 1.54) is 0 Å². The molecule has 1 aliphatic heterocycles. The molecule has 2 heterocycles. The van der Waals surface area contributed by atoms with Gasteiger partial charge in [-0.25, -0.2) is 0 Å². The predicted molar refractivity (Wildman–Crippen MR) is 120 cm³/mol. The fraction of sp³-hybridized carbons (Fsp3) is 0.320. The van der Waals surface area contributed by atoms with E-state index in [0.29, 0.717) is 34.3 Å².